The number of hydrogen-bond acceptors (Lipinski definition) is 4. The van der Waals surface area contributed by atoms with Gasteiger partial charge in [0.25, 0.3) is 5.91 Å². The van der Waals surface area contributed by atoms with Gasteiger partial charge in [-0.2, -0.15) is 5.26 Å². The van der Waals surface area contributed by atoms with Crippen LogP contribution in [-0.4, -0.2) is 24.9 Å². The van der Waals surface area contributed by atoms with Crippen molar-refractivity contribution in [1.82, 2.24) is 5.32 Å². The molecule has 26 heavy (non-hydrogen) atoms. The Kier molecular flexibility index (Phi) is 6.79. The number of rotatable bonds is 7. The van der Waals surface area contributed by atoms with Crippen LogP contribution < -0.4 is 16.0 Å². The standard InChI is InChI=1S/C20H18N4O2/c1-2-13-22-20(26)17-5-3-4-6-18(17)23-14-19(25)24-16-9-7-15(8-10-16)11-12-21/h1,3-10,23H,11,13-14H2,(H,22,26)(H,24,25). The van der Waals surface area contributed by atoms with E-state index in [2.05, 4.69) is 27.9 Å². The maximum atomic E-state index is 12.1. The summed E-state index contributed by atoms with van der Waals surface area (Å²) in [4.78, 5) is 24.2. The molecule has 0 atom stereocenters. The van der Waals surface area contributed by atoms with Gasteiger partial charge in [0.2, 0.25) is 5.91 Å². The van der Waals surface area contributed by atoms with E-state index in [4.69, 9.17) is 11.7 Å². The van der Waals surface area contributed by atoms with Crippen molar-refractivity contribution >= 4 is 23.2 Å². The fourth-order valence-corrected chi connectivity index (χ4v) is 2.24. The highest BCUT2D eigenvalue weighted by atomic mass is 16.2. The molecule has 0 aliphatic carbocycles. The summed E-state index contributed by atoms with van der Waals surface area (Å²) in [6.45, 7) is 0.134. The smallest absolute Gasteiger partial charge is 0.254 e. The van der Waals surface area contributed by atoms with Gasteiger partial charge in [-0.15, -0.1) is 6.42 Å². The molecule has 0 spiro atoms. The second kappa shape index (κ2) is 9.51. The van der Waals surface area contributed by atoms with E-state index in [0.29, 0.717) is 23.4 Å². The Bertz CT molecular complexity index is 861. The normalized spacial score (nSPS) is 9.46. The zero-order valence-corrected chi connectivity index (χ0v) is 14.1. The van der Waals surface area contributed by atoms with Crippen molar-refractivity contribution in [3.8, 4) is 18.4 Å². The molecular weight excluding hydrogens is 328 g/mol. The highest BCUT2D eigenvalue weighted by Gasteiger charge is 2.11. The molecule has 6 nitrogen and oxygen atoms in total. The summed E-state index contributed by atoms with van der Waals surface area (Å²) in [6.07, 6.45) is 5.47. The van der Waals surface area contributed by atoms with E-state index in [9.17, 15) is 9.59 Å². The molecule has 130 valence electrons. The van der Waals surface area contributed by atoms with Gasteiger partial charge < -0.3 is 16.0 Å². The van der Waals surface area contributed by atoms with Gasteiger partial charge in [-0.3, -0.25) is 9.59 Å². The minimum Gasteiger partial charge on any atom is -0.376 e. The van der Waals surface area contributed by atoms with E-state index in [1.807, 2.05) is 0 Å². The monoisotopic (exact) mass is 346 g/mol. The third-order valence-corrected chi connectivity index (χ3v) is 3.48. The van der Waals surface area contributed by atoms with Crippen LogP contribution in [0.5, 0.6) is 0 Å². The molecule has 0 saturated heterocycles. The van der Waals surface area contributed by atoms with Crippen molar-refractivity contribution < 1.29 is 9.59 Å². The third-order valence-electron chi connectivity index (χ3n) is 3.48. The highest BCUT2D eigenvalue weighted by Crippen LogP contribution is 2.15. The quantitative estimate of drug-likeness (QED) is 0.670. The fraction of sp³-hybridized carbons (Fsp3) is 0.150. The molecule has 0 fully saturated rings. The second-order valence-electron chi connectivity index (χ2n) is 5.37. The molecular formula is C20H18N4O2. The van der Waals surface area contributed by atoms with Crippen molar-refractivity contribution in [2.45, 2.75) is 6.42 Å². The van der Waals surface area contributed by atoms with E-state index < -0.39 is 0 Å². The van der Waals surface area contributed by atoms with E-state index in [1.54, 1.807) is 48.5 Å². The van der Waals surface area contributed by atoms with Crippen molar-refractivity contribution in [3.63, 3.8) is 0 Å². The predicted octanol–water partition coefficient (Wildman–Crippen LogP) is 2.17. The van der Waals surface area contributed by atoms with Gasteiger partial charge >= 0.3 is 0 Å². The van der Waals surface area contributed by atoms with E-state index >= 15 is 0 Å². The molecule has 2 aromatic rings. The van der Waals surface area contributed by atoms with Crippen molar-refractivity contribution in [2.24, 2.45) is 0 Å². The minimum absolute atomic E-state index is 0.000616. The van der Waals surface area contributed by atoms with Gasteiger partial charge in [-0.25, -0.2) is 0 Å². The first kappa shape index (κ1) is 18.6. The number of nitrogens with one attached hydrogen (secondary N) is 3. The lowest BCUT2D eigenvalue weighted by atomic mass is 10.1. The van der Waals surface area contributed by atoms with Crippen molar-refractivity contribution in [2.75, 3.05) is 23.7 Å². The summed E-state index contributed by atoms with van der Waals surface area (Å²) in [5.74, 6) is 1.78. The molecule has 0 unspecified atom stereocenters. The largest absolute Gasteiger partial charge is 0.376 e. The number of benzene rings is 2. The zero-order valence-electron chi connectivity index (χ0n) is 14.1. The van der Waals surface area contributed by atoms with Crippen molar-refractivity contribution in [1.29, 1.82) is 5.26 Å². The molecule has 2 rings (SSSR count). The van der Waals surface area contributed by atoms with Crippen LogP contribution in [0.15, 0.2) is 48.5 Å². The minimum atomic E-state index is -0.306. The number of carbonyl (C=O) groups excluding carboxylic acids is 2. The first-order valence-corrected chi connectivity index (χ1v) is 7.94. The van der Waals surface area contributed by atoms with Gasteiger partial charge in [0.1, 0.15) is 0 Å². The SMILES string of the molecule is C#CCNC(=O)c1ccccc1NCC(=O)Nc1ccc(CC#N)cc1. The Balaban J connectivity index is 1.94. The Labute approximate surface area is 152 Å². The number of terminal acetylenes is 1. The van der Waals surface area contributed by atoms with Crippen LogP contribution in [0.2, 0.25) is 0 Å². The number of carbonyl (C=O) groups is 2. The molecule has 0 saturated carbocycles. The summed E-state index contributed by atoms with van der Waals surface area (Å²) >= 11 is 0. The Morgan fingerprint density at radius 3 is 2.50 bits per heavy atom. The predicted molar refractivity (Wildman–Crippen MR) is 100 cm³/mol. The molecule has 2 aromatic carbocycles. The Morgan fingerprint density at radius 2 is 1.81 bits per heavy atom. The number of nitriles is 1. The van der Waals surface area contributed by atoms with E-state index in [1.165, 1.54) is 0 Å². The molecule has 0 aliphatic rings. The number of amides is 2. The summed E-state index contributed by atoms with van der Waals surface area (Å²) in [5, 5.41) is 17.0. The zero-order chi connectivity index (χ0) is 18.8. The maximum absolute atomic E-state index is 12.1. The fourth-order valence-electron chi connectivity index (χ4n) is 2.24. The van der Waals surface area contributed by atoms with Gasteiger partial charge in [0.05, 0.1) is 31.1 Å². The topological polar surface area (TPSA) is 94.0 Å². The molecule has 0 bridgehead atoms. The Morgan fingerprint density at radius 1 is 1.08 bits per heavy atom. The summed E-state index contributed by atoms with van der Waals surface area (Å²) in [5.41, 5.74) is 2.48. The lowest BCUT2D eigenvalue weighted by Crippen LogP contribution is -2.26. The van der Waals surface area contributed by atoms with Crippen LogP contribution in [0.3, 0.4) is 0 Å². The first-order chi connectivity index (χ1) is 12.6. The molecule has 0 aliphatic heterocycles. The van der Waals surface area contributed by atoms with Gasteiger partial charge in [-0.05, 0) is 29.8 Å². The van der Waals surface area contributed by atoms with Crippen LogP contribution >= 0.6 is 0 Å². The van der Waals surface area contributed by atoms with Crippen molar-refractivity contribution in [3.05, 3.63) is 59.7 Å². The van der Waals surface area contributed by atoms with Gasteiger partial charge in [0.15, 0.2) is 0 Å². The molecule has 2 amide bonds. The first-order valence-electron chi connectivity index (χ1n) is 7.94. The maximum Gasteiger partial charge on any atom is 0.254 e. The van der Waals surface area contributed by atoms with E-state index in [0.717, 1.165) is 5.56 Å². The molecule has 3 N–H and O–H groups in total. The molecule has 6 heteroatoms. The van der Waals surface area contributed by atoms with Crippen LogP contribution in [0.1, 0.15) is 15.9 Å². The lowest BCUT2D eigenvalue weighted by Gasteiger charge is -2.12. The summed E-state index contributed by atoms with van der Waals surface area (Å²) < 4.78 is 0. The molecule has 0 radical (unpaired) electrons. The number of hydrogen-bond donors (Lipinski definition) is 3. The number of anilines is 2. The average molecular weight is 346 g/mol. The van der Waals surface area contributed by atoms with Crippen LogP contribution in [0, 0.1) is 23.7 Å². The Hall–Kier alpha value is -3.77. The summed E-state index contributed by atoms with van der Waals surface area (Å²) in [6, 6.07) is 16.0. The summed E-state index contributed by atoms with van der Waals surface area (Å²) in [7, 11) is 0. The lowest BCUT2D eigenvalue weighted by molar-refractivity contribution is -0.114. The van der Waals surface area contributed by atoms with E-state index in [-0.39, 0.29) is 24.9 Å². The number of nitrogens with zero attached hydrogens (tertiary/aromatic N) is 1. The molecule has 0 aromatic heterocycles. The third kappa shape index (κ3) is 5.40. The highest BCUT2D eigenvalue weighted by molar-refractivity contribution is 6.01. The van der Waals surface area contributed by atoms with Gasteiger partial charge in [-0.1, -0.05) is 30.2 Å². The van der Waals surface area contributed by atoms with Crippen LogP contribution in [0.25, 0.3) is 0 Å². The number of para-hydroxylation sites is 1. The van der Waals surface area contributed by atoms with Crippen LogP contribution in [-0.2, 0) is 11.2 Å². The van der Waals surface area contributed by atoms with Crippen LogP contribution in [0.4, 0.5) is 11.4 Å². The average Bonchev–Trinajstić information content (AvgIpc) is 2.66. The molecule has 0 heterocycles. The van der Waals surface area contributed by atoms with Gasteiger partial charge in [0, 0.05) is 11.4 Å². The second-order valence-corrected chi connectivity index (χ2v) is 5.37.